The lowest BCUT2D eigenvalue weighted by atomic mass is 10.1. The van der Waals surface area contributed by atoms with Crippen molar-refractivity contribution in [2.45, 2.75) is 6.92 Å². The largest absolute Gasteiger partial charge is 0.353 e. The van der Waals surface area contributed by atoms with Crippen molar-refractivity contribution in [1.29, 1.82) is 0 Å². The van der Waals surface area contributed by atoms with Crippen LogP contribution < -0.4 is 5.32 Å². The molecular formula is C31H22N6OS. The molecular weight excluding hydrogens is 504 g/mol. The fraction of sp³-hybridized carbons (Fsp3) is 0.0323. The first-order valence-electron chi connectivity index (χ1n) is 12.5. The van der Waals surface area contributed by atoms with Crippen LogP contribution in [-0.4, -0.2) is 31.1 Å². The van der Waals surface area contributed by atoms with Gasteiger partial charge in [0.2, 0.25) is 0 Å². The van der Waals surface area contributed by atoms with Crippen LogP contribution in [0.2, 0.25) is 0 Å². The molecule has 5 heterocycles. The number of pyridine rings is 2. The molecule has 0 aliphatic rings. The van der Waals surface area contributed by atoms with E-state index in [9.17, 15) is 4.79 Å². The average molecular weight is 527 g/mol. The summed E-state index contributed by atoms with van der Waals surface area (Å²) in [5.74, 6) is -0.189. The highest BCUT2D eigenvalue weighted by Crippen LogP contribution is 2.37. The summed E-state index contributed by atoms with van der Waals surface area (Å²) in [6.07, 6.45) is 5.15. The first-order valence-corrected chi connectivity index (χ1v) is 13.3. The minimum atomic E-state index is -0.189. The molecule has 3 N–H and O–H groups in total. The molecule has 0 saturated carbocycles. The van der Waals surface area contributed by atoms with Crippen LogP contribution in [0.15, 0.2) is 97.5 Å². The smallest absolute Gasteiger partial charge is 0.255 e. The number of fused-ring (bicyclic) bond motifs is 2. The minimum absolute atomic E-state index is 0.189. The molecule has 0 aliphatic carbocycles. The van der Waals surface area contributed by atoms with Crippen molar-refractivity contribution in [1.82, 2.24) is 25.1 Å². The molecule has 1 amide bonds. The first-order chi connectivity index (χ1) is 19.1. The van der Waals surface area contributed by atoms with Gasteiger partial charge in [-0.15, -0.1) is 11.3 Å². The van der Waals surface area contributed by atoms with Gasteiger partial charge in [-0.1, -0.05) is 30.3 Å². The van der Waals surface area contributed by atoms with Crippen molar-refractivity contribution >= 4 is 44.7 Å². The Morgan fingerprint density at radius 1 is 0.872 bits per heavy atom. The molecule has 0 atom stereocenters. The normalized spacial score (nSPS) is 11.3. The molecule has 0 bridgehead atoms. The van der Waals surface area contributed by atoms with Crippen LogP contribution >= 0.6 is 11.3 Å². The Balaban J connectivity index is 1.25. The number of anilines is 1. The Morgan fingerprint density at radius 3 is 2.62 bits per heavy atom. The summed E-state index contributed by atoms with van der Waals surface area (Å²) >= 11 is 1.79. The van der Waals surface area contributed by atoms with Crippen LogP contribution in [-0.2, 0) is 0 Å². The number of nitrogens with zero attached hydrogens (tertiary/aromatic N) is 3. The van der Waals surface area contributed by atoms with E-state index in [0.717, 1.165) is 44.5 Å². The number of nitrogens with one attached hydrogen (secondary N) is 3. The Hall–Kier alpha value is -5.08. The standard InChI is InChI=1S/C31H22N6OS/c1-18-10-11-29(39-18)22-8-5-9-25-23(22)13-27(35-25)30-24-14-26(33-17-28(24)36-37-30)20-12-21(16-32-15-20)34-31(38)19-6-3-2-4-7-19/h2-17,35H,1H3,(H,34,38)(H,36,37). The molecule has 0 aliphatic heterocycles. The maximum Gasteiger partial charge on any atom is 0.255 e. The van der Waals surface area contributed by atoms with E-state index in [1.54, 1.807) is 42.1 Å². The molecule has 7 nitrogen and oxygen atoms in total. The van der Waals surface area contributed by atoms with Crippen molar-refractivity contribution in [2.75, 3.05) is 5.32 Å². The highest BCUT2D eigenvalue weighted by Gasteiger charge is 2.16. The fourth-order valence-corrected chi connectivity index (χ4v) is 5.71. The number of benzene rings is 2. The summed E-state index contributed by atoms with van der Waals surface area (Å²) in [5.41, 5.74) is 7.56. The zero-order valence-electron chi connectivity index (χ0n) is 20.9. The van der Waals surface area contributed by atoms with Crippen LogP contribution in [0.1, 0.15) is 15.2 Å². The Labute approximate surface area is 227 Å². The van der Waals surface area contributed by atoms with Gasteiger partial charge in [-0.25, -0.2) is 0 Å². The van der Waals surface area contributed by atoms with Crippen molar-refractivity contribution in [3.8, 4) is 33.1 Å². The van der Waals surface area contributed by atoms with Gasteiger partial charge in [-0.2, -0.15) is 5.10 Å². The third kappa shape index (κ3) is 4.26. The molecule has 0 radical (unpaired) electrons. The number of hydrogen-bond acceptors (Lipinski definition) is 5. The lowest BCUT2D eigenvalue weighted by molar-refractivity contribution is 0.102. The second-order valence-electron chi connectivity index (χ2n) is 9.33. The number of aryl methyl sites for hydroxylation is 1. The average Bonchev–Trinajstić information content (AvgIpc) is 3.71. The molecule has 5 aromatic heterocycles. The molecule has 0 spiro atoms. The second kappa shape index (κ2) is 9.34. The number of carbonyl (C=O) groups excluding carboxylic acids is 1. The van der Waals surface area contributed by atoms with Crippen molar-refractivity contribution < 1.29 is 4.79 Å². The highest BCUT2D eigenvalue weighted by atomic mass is 32.1. The van der Waals surface area contributed by atoms with E-state index in [-0.39, 0.29) is 5.91 Å². The van der Waals surface area contributed by atoms with Gasteiger partial charge in [0.1, 0.15) is 5.69 Å². The van der Waals surface area contributed by atoms with Crippen LogP contribution in [0.25, 0.3) is 54.9 Å². The Bertz CT molecular complexity index is 1990. The number of thiophene rings is 1. The van der Waals surface area contributed by atoms with Gasteiger partial charge >= 0.3 is 0 Å². The maximum atomic E-state index is 12.6. The minimum Gasteiger partial charge on any atom is -0.353 e. The third-order valence-corrected chi connectivity index (χ3v) is 7.73. The monoisotopic (exact) mass is 526 g/mol. The molecule has 7 rings (SSSR count). The highest BCUT2D eigenvalue weighted by molar-refractivity contribution is 7.15. The lowest BCUT2D eigenvalue weighted by Gasteiger charge is -2.07. The lowest BCUT2D eigenvalue weighted by Crippen LogP contribution is -2.11. The number of hydrogen-bond donors (Lipinski definition) is 3. The summed E-state index contributed by atoms with van der Waals surface area (Å²) in [4.78, 5) is 27.7. The zero-order chi connectivity index (χ0) is 26.3. The summed E-state index contributed by atoms with van der Waals surface area (Å²) < 4.78 is 0. The number of H-pyrrole nitrogens is 2. The predicted molar refractivity (Wildman–Crippen MR) is 157 cm³/mol. The molecule has 188 valence electrons. The van der Waals surface area contributed by atoms with Crippen molar-refractivity contribution in [2.24, 2.45) is 0 Å². The van der Waals surface area contributed by atoms with E-state index in [0.29, 0.717) is 11.3 Å². The fourth-order valence-electron chi connectivity index (χ4n) is 4.80. The van der Waals surface area contributed by atoms with E-state index in [2.05, 4.69) is 73.8 Å². The number of carbonyl (C=O) groups is 1. The van der Waals surface area contributed by atoms with E-state index >= 15 is 0 Å². The molecule has 2 aromatic carbocycles. The maximum absolute atomic E-state index is 12.6. The van der Waals surface area contributed by atoms with Crippen molar-refractivity contribution in [3.63, 3.8) is 0 Å². The van der Waals surface area contributed by atoms with E-state index in [4.69, 9.17) is 0 Å². The number of aromatic amines is 2. The second-order valence-corrected chi connectivity index (χ2v) is 10.6. The number of amides is 1. The van der Waals surface area contributed by atoms with Gasteiger partial charge in [0.25, 0.3) is 5.91 Å². The first kappa shape index (κ1) is 23.1. The van der Waals surface area contributed by atoms with Gasteiger partial charge in [-0.3, -0.25) is 19.9 Å². The Morgan fingerprint density at radius 2 is 1.77 bits per heavy atom. The molecule has 0 fully saturated rings. The topological polar surface area (TPSA) is 99.3 Å². The molecule has 7 aromatic rings. The molecule has 8 heteroatoms. The Kier molecular flexibility index (Phi) is 5.53. The summed E-state index contributed by atoms with van der Waals surface area (Å²) in [6, 6.07) is 25.8. The number of rotatable bonds is 5. The van der Waals surface area contributed by atoms with Gasteiger partial charge in [0.05, 0.1) is 35.0 Å². The van der Waals surface area contributed by atoms with Gasteiger partial charge in [0.15, 0.2) is 0 Å². The van der Waals surface area contributed by atoms with Crippen LogP contribution in [0, 0.1) is 6.92 Å². The quantitative estimate of drug-likeness (QED) is 0.217. The predicted octanol–water partition coefficient (Wildman–Crippen LogP) is 7.46. The summed E-state index contributed by atoms with van der Waals surface area (Å²) in [7, 11) is 0. The van der Waals surface area contributed by atoms with E-state index in [1.807, 2.05) is 30.3 Å². The summed E-state index contributed by atoms with van der Waals surface area (Å²) in [5, 5.41) is 12.8. The SMILES string of the molecule is Cc1ccc(-c2cccc3[nH]c(-c4n[nH]c5cnc(-c6cncc(NC(=O)c7ccccc7)c6)cc45)cc23)s1. The van der Waals surface area contributed by atoms with Crippen LogP contribution in [0.3, 0.4) is 0 Å². The van der Waals surface area contributed by atoms with Gasteiger partial charge in [-0.05, 0) is 55.5 Å². The number of aromatic nitrogens is 5. The van der Waals surface area contributed by atoms with Gasteiger partial charge < -0.3 is 10.3 Å². The van der Waals surface area contributed by atoms with Gasteiger partial charge in [0, 0.05) is 48.9 Å². The van der Waals surface area contributed by atoms with E-state index in [1.165, 1.54) is 15.3 Å². The van der Waals surface area contributed by atoms with E-state index < -0.39 is 0 Å². The molecule has 39 heavy (non-hydrogen) atoms. The van der Waals surface area contributed by atoms with Crippen molar-refractivity contribution in [3.05, 3.63) is 108 Å². The summed E-state index contributed by atoms with van der Waals surface area (Å²) in [6.45, 7) is 2.13. The van der Waals surface area contributed by atoms with Crippen LogP contribution in [0.5, 0.6) is 0 Å². The molecule has 0 saturated heterocycles. The molecule has 0 unspecified atom stereocenters. The zero-order valence-corrected chi connectivity index (χ0v) is 21.7. The van der Waals surface area contributed by atoms with Crippen LogP contribution in [0.4, 0.5) is 5.69 Å². The third-order valence-electron chi connectivity index (χ3n) is 6.70.